The van der Waals surface area contributed by atoms with Crippen molar-refractivity contribution in [1.82, 2.24) is 4.98 Å². The summed E-state index contributed by atoms with van der Waals surface area (Å²) in [6.07, 6.45) is 6.15. The van der Waals surface area contributed by atoms with Crippen molar-refractivity contribution in [3.8, 4) is 0 Å². The lowest BCUT2D eigenvalue weighted by Crippen LogP contribution is -2.35. The Morgan fingerprint density at radius 1 is 1.14 bits per heavy atom. The Hall–Kier alpha value is -1.87. The third kappa shape index (κ3) is 3.42. The maximum atomic E-state index is 10.8. The minimum absolute atomic E-state index is 0.522. The van der Waals surface area contributed by atoms with Crippen LogP contribution in [0.4, 0.5) is 5.82 Å². The molecule has 1 heterocycles. The summed E-state index contributed by atoms with van der Waals surface area (Å²) in [5.74, 6) is 1.10. The second kappa shape index (κ2) is 5.86. The summed E-state index contributed by atoms with van der Waals surface area (Å²) in [5.41, 5.74) is 7.58. The molecular formula is C18H22N2O. The Morgan fingerprint density at radius 2 is 1.86 bits per heavy atom. The first-order valence-electron chi connectivity index (χ1n) is 7.62. The molecule has 0 saturated heterocycles. The van der Waals surface area contributed by atoms with Gasteiger partial charge in [-0.05, 0) is 54.9 Å². The molecule has 1 saturated carbocycles. The lowest BCUT2D eigenvalue weighted by Gasteiger charge is -2.36. The van der Waals surface area contributed by atoms with Crippen LogP contribution in [0.2, 0.25) is 0 Å². The molecule has 21 heavy (non-hydrogen) atoms. The molecule has 110 valence electrons. The van der Waals surface area contributed by atoms with E-state index < -0.39 is 5.60 Å². The second-order valence-corrected chi connectivity index (χ2v) is 6.18. The molecule has 2 aromatic rings. The van der Waals surface area contributed by atoms with Crippen molar-refractivity contribution in [2.45, 2.75) is 43.6 Å². The molecule has 0 radical (unpaired) electrons. The van der Waals surface area contributed by atoms with Crippen molar-refractivity contribution < 1.29 is 5.11 Å². The summed E-state index contributed by atoms with van der Waals surface area (Å²) >= 11 is 0. The standard InChI is InChI=1S/C18H22N2O/c19-17-12-14(8-11-20-17)13-18(21)9-6-16(7-10-18)15-4-2-1-3-5-15/h1-5,8,11-12,16,21H,6-7,9-10,13H2,(H2,19,20). The SMILES string of the molecule is Nc1cc(CC2(O)CCC(c3ccccc3)CC2)ccn1. The van der Waals surface area contributed by atoms with Gasteiger partial charge in [-0.25, -0.2) is 4.98 Å². The van der Waals surface area contributed by atoms with Crippen molar-refractivity contribution in [3.63, 3.8) is 0 Å². The molecule has 0 aliphatic heterocycles. The minimum Gasteiger partial charge on any atom is -0.390 e. The van der Waals surface area contributed by atoms with Gasteiger partial charge >= 0.3 is 0 Å². The van der Waals surface area contributed by atoms with Gasteiger partial charge in [0.15, 0.2) is 0 Å². The molecule has 1 aromatic carbocycles. The van der Waals surface area contributed by atoms with Gasteiger partial charge in [0.05, 0.1) is 5.60 Å². The van der Waals surface area contributed by atoms with E-state index in [1.807, 2.05) is 12.1 Å². The topological polar surface area (TPSA) is 59.1 Å². The van der Waals surface area contributed by atoms with Gasteiger partial charge in [0.2, 0.25) is 0 Å². The van der Waals surface area contributed by atoms with Crippen molar-refractivity contribution >= 4 is 5.82 Å². The van der Waals surface area contributed by atoms with Crippen LogP contribution in [0.15, 0.2) is 48.7 Å². The number of aromatic nitrogens is 1. The van der Waals surface area contributed by atoms with E-state index in [4.69, 9.17) is 5.73 Å². The fraction of sp³-hybridized carbons (Fsp3) is 0.389. The monoisotopic (exact) mass is 282 g/mol. The molecule has 0 unspecified atom stereocenters. The minimum atomic E-state index is -0.598. The largest absolute Gasteiger partial charge is 0.390 e. The quantitative estimate of drug-likeness (QED) is 0.908. The summed E-state index contributed by atoms with van der Waals surface area (Å²) in [4.78, 5) is 4.00. The Bertz CT molecular complexity index is 589. The molecular weight excluding hydrogens is 260 g/mol. The number of anilines is 1. The number of benzene rings is 1. The summed E-state index contributed by atoms with van der Waals surface area (Å²) in [6.45, 7) is 0. The van der Waals surface area contributed by atoms with E-state index >= 15 is 0 Å². The molecule has 3 rings (SSSR count). The van der Waals surface area contributed by atoms with E-state index in [9.17, 15) is 5.11 Å². The molecule has 0 spiro atoms. The third-order valence-electron chi connectivity index (χ3n) is 4.57. The normalized spacial score (nSPS) is 25.7. The first-order valence-corrected chi connectivity index (χ1v) is 7.62. The predicted octanol–water partition coefficient (Wildman–Crippen LogP) is 3.30. The molecule has 0 bridgehead atoms. The van der Waals surface area contributed by atoms with Crippen LogP contribution in [0.25, 0.3) is 0 Å². The van der Waals surface area contributed by atoms with Crippen LogP contribution >= 0.6 is 0 Å². The number of rotatable bonds is 3. The molecule has 3 heteroatoms. The Morgan fingerprint density at radius 3 is 2.52 bits per heavy atom. The Kier molecular flexibility index (Phi) is 3.93. The van der Waals surface area contributed by atoms with Gasteiger partial charge in [0, 0.05) is 12.6 Å². The van der Waals surface area contributed by atoms with Gasteiger partial charge in [0.1, 0.15) is 5.82 Å². The van der Waals surface area contributed by atoms with Crippen LogP contribution in [-0.2, 0) is 6.42 Å². The van der Waals surface area contributed by atoms with Gasteiger partial charge in [-0.3, -0.25) is 0 Å². The first-order chi connectivity index (χ1) is 10.1. The molecule has 0 amide bonds. The van der Waals surface area contributed by atoms with E-state index in [2.05, 4.69) is 35.3 Å². The van der Waals surface area contributed by atoms with Crippen LogP contribution in [0.3, 0.4) is 0 Å². The lowest BCUT2D eigenvalue weighted by molar-refractivity contribution is -0.000453. The Labute approximate surface area is 125 Å². The van der Waals surface area contributed by atoms with Crippen LogP contribution in [0.5, 0.6) is 0 Å². The highest BCUT2D eigenvalue weighted by molar-refractivity contribution is 5.32. The summed E-state index contributed by atoms with van der Waals surface area (Å²) in [6, 6.07) is 14.4. The molecule has 1 fully saturated rings. The van der Waals surface area contributed by atoms with Crippen LogP contribution in [0.1, 0.15) is 42.7 Å². The molecule has 0 atom stereocenters. The highest BCUT2D eigenvalue weighted by atomic mass is 16.3. The zero-order chi connectivity index (χ0) is 14.7. The second-order valence-electron chi connectivity index (χ2n) is 6.18. The highest BCUT2D eigenvalue weighted by Crippen LogP contribution is 2.39. The fourth-order valence-corrected chi connectivity index (χ4v) is 3.37. The van der Waals surface area contributed by atoms with Gasteiger partial charge in [-0.1, -0.05) is 30.3 Å². The van der Waals surface area contributed by atoms with Crippen LogP contribution in [-0.4, -0.2) is 15.7 Å². The summed E-state index contributed by atoms with van der Waals surface area (Å²) < 4.78 is 0. The smallest absolute Gasteiger partial charge is 0.123 e. The molecule has 1 aliphatic carbocycles. The number of hydrogen-bond donors (Lipinski definition) is 2. The highest BCUT2D eigenvalue weighted by Gasteiger charge is 2.33. The maximum Gasteiger partial charge on any atom is 0.123 e. The van der Waals surface area contributed by atoms with Gasteiger partial charge in [-0.15, -0.1) is 0 Å². The van der Waals surface area contributed by atoms with Gasteiger partial charge in [-0.2, -0.15) is 0 Å². The number of nitrogens with zero attached hydrogens (tertiary/aromatic N) is 1. The Balaban J connectivity index is 1.64. The number of nitrogen functional groups attached to an aromatic ring is 1. The molecule has 1 aromatic heterocycles. The molecule has 3 N–H and O–H groups in total. The lowest BCUT2D eigenvalue weighted by atomic mass is 9.74. The van der Waals surface area contributed by atoms with Gasteiger partial charge < -0.3 is 10.8 Å². The molecule has 3 nitrogen and oxygen atoms in total. The average molecular weight is 282 g/mol. The van der Waals surface area contributed by atoms with E-state index in [-0.39, 0.29) is 0 Å². The van der Waals surface area contributed by atoms with E-state index in [1.54, 1.807) is 6.20 Å². The predicted molar refractivity (Wildman–Crippen MR) is 85.0 cm³/mol. The van der Waals surface area contributed by atoms with Gasteiger partial charge in [0.25, 0.3) is 0 Å². The average Bonchev–Trinajstić information content (AvgIpc) is 2.48. The number of nitrogens with two attached hydrogens (primary N) is 1. The van der Waals surface area contributed by atoms with Crippen molar-refractivity contribution in [1.29, 1.82) is 0 Å². The van der Waals surface area contributed by atoms with Crippen molar-refractivity contribution in [2.24, 2.45) is 0 Å². The maximum absolute atomic E-state index is 10.8. The zero-order valence-corrected chi connectivity index (χ0v) is 12.2. The van der Waals surface area contributed by atoms with Crippen LogP contribution in [0, 0.1) is 0 Å². The van der Waals surface area contributed by atoms with E-state index in [0.29, 0.717) is 18.2 Å². The first kappa shape index (κ1) is 14.1. The molecule has 1 aliphatic rings. The van der Waals surface area contributed by atoms with Crippen LogP contribution < -0.4 is 5.73 Å². The van der Waals surface area contributed by atoms with Crippen molar-refractivity contribution in [2.75, 3.05) is 5.73 Å². The third-order valence-corrected chi connectivity index (χ3v) is 4.57. The van der Waals surface area contributed by atoms with E-state index in [1.165, 1.54) is 5.56 Å². The fourth-order valence-electron chi connectivity index (χ4n) is 3.37. The number of aliphatic hydroxyl groups is 1. The summed E-state index contributed by atoms with van der Waals surface area (Å²) in [7, 11) is 0. The number of hydrogen-bond acceptors (Lipinski definition) is 3. The zero-order valence-electron chi connectivity index (χ0n) is 12.2. The van der Waals surface area contributed by atoms with E-state index in [0.717, 1.165) is 31.2 Å². The van der Waals surface area contributed by atoms with Crippen molar-refractivity contribution in [3.05, 3.63) is 59.8 Å². The number of pyridine rings is 1. The summed E-state index contributed by atoms with van der Waals surface area (Å²) in [5, 5.41) is 10.8.